The Morgan fingerprint density at radius 2 is 1.82 bits per heavy atom. The molecule has 1 saturated heterocycles. The third-order valence-corrected chi connectivity index (χ3v) is 6.86. The Bertz CT molecular complexity index is 1220. The Kier molecular flexibility index (Phi) is 6.37. The van der Waals surface area contributed by atoms with Gasteiger partial charge in [0, 0.05) is 28.4 Å². The highest BCUT2D eigenvalue weighted by atomic mass is 32.2. The Hall–Kier alpha value is -3.56. The summed E-state index contributed by atoms with van der Waals surface area (Å²) in [5, 5.41) is 2.79. The van der Waals surface area contributed by atoms with Crippen LogP contribution in [0.15, 0.2) is 75.1 Å². The first-order chi connectivity index (χ1) is 16.6. The molecule has 1 fully saturated rings. The lowest BCUT2D eigenvalue weighted by Gasteiger charge is -2.28. The maximum Gasteiger partial charge on any atom is 0.259 e. The summed E-state index contributed by atoms with van der Waals surface area (Å²) >= 11 is 1.45. The summed E-state index contributed by atoms with van der Waals surface area (Å²) in [6.07, 6.45) is 1.54. The summed E-state index contributed by atoms with van der Waals surface area (Å²) in [4.78, 5) is 44.3. The summed E-state index contributed by atoms with van der Waals surface area (Å²) in [6, 6.07) is 16.2. The van der Waals surface area contributed by atoms with Crippen molar-refractivity contribution in [2.24, 2.45) is 0 Å². The minimum Gasteiger partial charge on any atom is -0.467 e. The van der Waals surface area contributed by atoms with Crippen LogP contribution in [0.4, 0.5) is 5.69 Å². The van der Waals surface area contributed by atoms with Crippen molar-refractivity contribution in [3.8, 4) is 0 Å². The quantitative estimate of drug-likeness (QED) is 0.607. The number of ether oxygens (including phenoxy) is 1. The number of amides is 3. The van der Waals surface area contributed by atoms with Crippen LogP contribution < -0.4 is 10.2 Å². The van der Waals surface area contributed by atoms with Gasteiger partial charge in [0.05, 0.1) is 37.3 Å². The molecule has 5 rings (SSSR count). The van der Waals surface area contributed by atoms with Crippen LogP contribution in [0.25, 0.3) is 0 Å². The highest BCUT2D eigenvalue weighted by molar-refractivity contribution is 7.99. The number of furan rings is 1. The number of hydrogen-bond donors (Lipinski definition) is 1. The number of carbonyl (C=O) groups is 3. The maximum absolute atomic E-state index is 13.6. The highest BCUT2D eigenvalue weighted by Crippen LogP contribution is 2.41. The topological polar surface area (TPSA) is 92.1 Å². The van der Waals surface area contributed by atoms with Gasteiger partial charge in [-0.1, -0.05) is 23.9 Å². The van der Waals surface area contributed by atoms with Crippen molar-refractivity contribution >= 4 is 35.2 Å². The minimum atomic E-state index is -0.329. The van der Waals surface area contributed by atoms with E-state index < -0.39 is 0 Å². The van der Waals surface area contributed by atoms with Crippen molar-refractivity contribution in [2.75, 3.05) is 37.7 Å². The number of anilines is 1. The number of morpholine rings is 1. The molecule has 2 aliphatic heterocycles. The van der Waals surface area contributed by atoms with E-state index in [1.165, 1.54) is 22.9 Å². The van der Waals surface area contributed by atoms with Crippen molar-refractivity contribution in [1.82, 2.24) is 10.2 Å². The minimum absolute atomic E-state index is 0.118. The molecule has 1 aromatic heterocycles. The summed E-state index contributed by atoms with van der Waals surface area (Å²) in [5.74, 6) is -0.112. The maximum atomic E-state index is 13.6. The van der Waals surface area contributed by atoms with E-state index in [9.17, 15) is 14.4 Å². The first kappa shape index (κ1) is 22.2. The molecule has 3 amide bonds. The van der Waals surface area contributed by atoms with Gasteiger partial charge < -0.3 is 19.4 Å². The number of hydrogen-bond acceptors (Lipinski definition) is 6. The van der Waals surface area contributed by atoms with Gasteiger partial charge in [-0.25, -0.2) is 0 Å². The van der Waals surface area contributed by atoms with E-state index in [0.717, 1.165) is 9.79 Å². The number of fused-ring (bicyclic) bond motifs is 2. The van der Waals surface area contributed by atoms with Gasteiger partial charge in [0.2, 0.25) is 5.91 Å². The van der Waals surface area contributed by atoms with E-state index >= 15 is 0 Å². The van der Waals surface area contributed by atoms with Gasteiger partial charge >= 0.3 is 0 Å². The van der Waals surface area contributed by atoms with E-state index in [2.05, 4.69) is 5.32 Å². The first-order valence-electron chi connectivity index (χ1n) is 11.0. The van der Waals surface area contributed by atoms with E-state index in [4.69, 9.17) is 9.15 Å². The second kappa shape index (κ2) is 9.74. The lowest BCUT2D eigenvalue weighted by Crippen LogP contribution is -2.41. The van der Waals surface area contributed by atoms with Crippen LogP contribution in [0.3, 0.4) is 0 Å². The summed E-state index contributed by atoms with van der Waals surface area (Å²) < 4.78 is 10.6. The van der Waals surface area contributed by atoms with Crippen LogP contribution in [0, 0.1) is 0 Å². The third-order valence-electron chi connectivity index (χ3n) is 5.72. The van der Waals surface area contributed by atoms with E-state index in [1.54, 1.807) is 41.3 Å². The van der Waals surface area contributed by atoms with E-state index in [0.29, 0.717) is 48.9 Å². The van der Waals surface area contributed by atoms with Crippen molar-refractivity contribution in [2.45, 2.75) is 16.3 Å². The molecule has 0 saturated carbocycles. The number of carbonyl (C=O) groups excluding carboxylic acids is 3. The molecular formula is C25H23N3O5S. The van der Waals surface area contributed by atoms with E-state index in [1.807, 2.05) is 18.2 Å². The fourth-order valence-electron chi connectivity index (χ4n) is 3.96. The normalized spacial score (nSPS) is 15.4. The zero-order valence-electron chi connectivity index (χ0n) is 18.4. The zero-order chi connectivity index (χ0) is 23.5. The Morgan fingerprint density at radius 3 is 2.62 bits per heavy atom. The van der Waals surface area contributed by atoms with Gasteiger partial charge in [0.25, 0.3) is 11.8 Å². The molecule has 0 atom stereocenters. The molecule has 2 aliphatic rings. The molecule has 9 heteroatoms. The predicted octanol–water partition coefficient (Wildman–Crippen LogP) is 3.18. The van der Waals surface area contributed by atoms with Crippen molar-refractivity contribution in [3.05, 3.63) is 77.7 Å². The molecule has 3 aromatic rings. The molecule has 0 bridgehead atoms. The van der Waals surface area contributed by atoms with Gasteiger partial charge in [-0.05, 0) is 42.5 Å². The zero-order valence-corrected chi connectivity index (χ0v) is 19.2. The molecule has 2 aromatic carbocycles. The summed E-state index contributed by atoms with van der Waals surface area (Å²) in [5.41, 5.74) is 1.53. The van der Waals surface area contributed by atoms with Crippen LogP contribution in [-0.4, -0.2) is 55.5 Å². The Balaban J connectivity index is 1.46. The number of benzene rings is 2. The smallest absolute Gasteiger partial charge is 0.259 e. The average Bonchev–Trinajstić information content (AvgIpc) is 3.37. The van der Waals surface area contributed by atoms with E-state index in [-0.39, 0.29) is 30.8 Å². The highest BCUT2D eigenvalue weighted by Gasteiger charge is 2.30. The molecule has 0 radical (unpaired) electrons. The monoisotopic (exact) mass is 477 g/mol. The predicted molar refractivity (Wildman–Crippen MR) is 126 cm³/mol. The third kappa shape index (κ3) is 4.57. The Morgan fingerprint density at radius 1 is 1.00 bits per heavy atom. The summed E-state index contributed by atoms with van der Waals surface area (Å²) in [7, 11) is 0. The van der Waals surface area contributed by atoms with Gasteiger partial charge in [0.1, 0.15) is 12.3 Å². The van der Waals surface area contributed by atoms with Gasteiger partial charge in [-0.15, -0.1) is 0 Å². The van der Waals surface area contributed by atoms with Gasteiger partial charge in [-0.2, -0.15) is 0 Å². The van der Waals surface area contributed by atoms with Crippen LogP contribution in [0.1, 0.15) is 26.5 Å². The van der Waals surface area contributed by atoms with Gasteiger partial charge in [-0.3, -0.25) is 19.3 Å². The van der Waals surface area contributed by atoms with Crippen LogP contribution in [-0.2, 0) is 16.1 Å². The number of rotatable bonds is 5. The molecule has 0 aliphatic carbocycles. The fraction of sp³-hybridized carbons (Fsp3) is 0.240. The van der Waals surface area contributed by atoms with Crippen molar-refractivity contribution < 1.29 is 23.5 Å². The Labute approximate surface area is 200 Å². The number of nitrogens with zero attached hydrogens (tertiary/aromatic N) is 2. The molecular weight excluding hydrogens is 454 g/mol. The lowest BCUT2D eigenvalue weighted by atomic mass is 10.1. The molecule has 0 spiro atoms. The SMILES string of the molecule is O=C(CN1C(=O)c2ccccc2Sc2ccc(C(=O)N3CCOCC3)cc21)NCc1ccco1. The summed E-state index contributed by atoms with van der Waals surface area (Å²) in [6.45, 7) is 2.09. The average molecular weight is 478 g/mol. The molecule has 3 heterocycles. The van der Waals surface area contributed by atoms with Crippen LogP contribution in [0.2, 0.25) is 0 Å². The van der Waals surface area contributed by atoms with Crippen molar-refractivity contribution in [3.63, 3.8) is 0 Å². The molecule has 1 N–H and O–H groups in total. The largest absolute Gasteiger partial charge is 0.467 e. The van der Waals surface area contributed by atoms with Crippen LogP contribution >= 0.6 is 11.8 Å². The van der Waals surface area contributed by atoms with Gasteiger partial charge in [0.15, 0.2) is 0 Å². The van der Waals surface area contributed by atoms with Crippen LogP contribution in [0.5, 0.6) is 0 Å². The molecule has 8 nitrogen and oxygen atoms in total. The lowest BCUT2D eigenvalue weighted by molar-refractivity contribution is -0.120. The second-order valence-electron chi connectivity index (χ2n) is 7.93. The first-order valence-corrected chi connectivity index (χ1v) is 11.8. The molecule has 34 heavy (non-hydrogen) atoms. The standard InChI is InChI=1S/C25H23N3O5S/c29-23(26-15-18-4-3-11-33-18)16-28-20-14-17(24(30)27-9-12-32-13-10-27)7-8-22(20)34-21-6-2-1-5-19(21)25(28)31/h1-8,11,14H,9-10,12-13,15-16H2,(H,26,29). The molecule has 0 unspecified atom stereocenters. The molecule has 174 valence electrons. The van der Waals surface area contributed by atoms with Crippen molar-refractivity contribution in [1.29, 1.82) is 0 Å². The number of nitrogens with one attached hydrogen (secondary N) is 1. The fourth-order valence-corrected chi connectivity index (χ4v) is 5.02. The second-order valence-corrected chi connectivity index (χ2v) is 9.02.